The average Bonchev–Trinajstić information content (AvgIpc) is 3.69. The van der Waals surface area contributed by atoms with E-state index in [1.807, 2.05) is 72.1 Å². The third-order valence-corrected chi connectivity index (χ3v) is 8.89. The molecule has 2 aromatic heterocycles. The molecule has 0 bridgehead atoms. The molecule has 0 saturated carbocycles. The predicted molar refractivity (Wildman–Crippen MR) is 170 cm³/mol. The molecule has 0 aliphatic carbocycles. The third kappa shape index (κ3) is 5.77. The molecule has 3 heterocycles. The summed E-state index contributed by atoms with van der Waals surface area (Å²) in [5, 5.41) is 11.1. The highest BCUT2D eigenvalue weighted by atomic mass is 32.1. The molecule has 0 unspecified atom stereocenters. The maximum Gasteiger partial charge on any atom is 0.338 e. The van der Waals surface area contributed by atoms with Gasteiger partial charge in [-0.05, 0) is 48.2 Å². The van der Waals surface area contributed by atoms with Gasteiger partial charge in [0.25, 0.3) is 5.56 Å². The first-order chi connectivity index (χ1) is 21.4. The molecular weight excluding hydrogens is 597 g/mol. The number of thiophene rings is 1. The first kappa shape index (κ1) is 29.0. The van der Waals surface area contributed by atoms with Crippen LogP contribution in [-0.4, -0.2) is 28.2 Å². The number of benzene rings is 3. The van der Waals surface area contributed by atoms with Crippen molar-refractivity contribution >= 4 is 46.4 Å². The summed E-state index contributed by atoms with van der Waals surface area (Å²) < 4.78 is 13.6. The lowest BCUT2D eigenvalue weighted by molar-refractivity contribution is -0.138. The molecule has 8 nitrogen and oxygen atoms in total. The smallest absolute Gasteiger partial charge is 0.338 e. The van der Waals surface area contributed by atoms with E-state index in [9.17, 15) is 14.4 Å². The van der Waals surface area contributed by atoms with Crippen LogP contribution in [0.15, 0.2) is 112 Å². The Kier molecular flexibility index (Phi) is 8.36. The van der Waals surface area contributed by atoms with Crippen molar-refractivity contribution in [3.05, 3.63) is 149 Å². The van der Waals surface area contributed by atoms with E-state index in [4.69, 9.17) is 19.6 Å². The third-order valence-electron chi connectivity index (χ3n) is 6.99. The van der Waals surface area contributed by atoms with Crippen LogP contribution in [0.4, 0.5) is 0 Å². The molecule has 1 N–H and O–H groups in total. The second kappa shape index (κ2) is 12.7. The van der Waals surface area contributed by atoms with Gasteiger partial charge in [0.15, 0.2) is 4.80 Å². The summed E-state index contributed by atoms with van der Waals surface area (Å²) in [6.45, 7) is 2.15. The quantitative estimate of drug-likeness (QED) is 0.225. The number of aromatic carboxylic acids is 1. The molecular formula is C34H26N2O6S2. The van der Waals surface area contributed by atoms with Crippen molar-refractivity contribution in [2.24, 2.45) is 4.99 Å². The van der Waals surface area contributed by atoms with Crippen molar-refractivity contribution in [2.45, 2.75) is 19.6 Å². The Bertz CT molecular complexity index is 2040. The number of rotatable bonds is 9. The number of carboxylic acids is 1. The van der Waals surface area contributed by atoms with Gasteiger partial charge in [-0.25, -0.2) is 14.6 Å². The molecule has 3 aromatic carbocycles. The first-order valence-corrected chi connectivity index (χ1v) is 15.5. The van der Waals surface area contributed by atoms with Crippen LogP contribution in [0.3, 0.4) is 0 Å². The molecule has 5 aromatic rings. The summed E-state index contributed by atoms with van der Waals surface area (Å²) >= 11 is 2.71. The number of carbonyl (C=O) groups is 2. The van der Waals surface area contributed by atoms with Crippen LogP contribution in [-0.2, 0) is 16.1 Å². The number of aromatic nitrogens is 1. The lowest BCUT2D eigenvalue weighted by Crippen LogP contribution is -2.39. The van der Waals surface area contributed by atoms with Gasteiger partial charge in [0.1, 0.15) is 18.4 Å². The molecule has 10 heteroatoms. The van der Waals surface area contributed by atoms with Gasteiger partial charge in [0, 0.05) is 16.0 Å². The largest absolute Gasteiger partial charge is 0.488 e. The zero-order valence-corrected chi connectivity index (χ0v) is 25.1. The van der Waals surface area contributed by atoms with E-state index in [1.165, 1.54) is 34.8 Å². The molecule has 0 spiro atoms. The molecule has 0 radical (unpaired) electrons. The highest BCUT2D eigenvalue weighted by Gasteiger charge is 2.35. The maximum absolute atomic E-state index is 14.1. The highest BCUT2D eigenvalue weighted by Crippen LogP contribution is 2.36. The van der Waals surface area contributed by atoms with Gasteiger partial charge in [0.2, 0.25) is 0 Å². The molecule has 0 amide bonds. The maximum atomic E-state index is 14.1. The molecule has 0 fully saturated rings. The molecule has 1 aliphatic rings. The first-order valence-electron chi connectivity index (χ1n) is 13.8. The van der Waals surface area contributed by atoms with Crippen LogP contribution in [0.1, 0.15) is 44.9 Å². The zero-order chi connectivity index (χ0) is 30.6. The zero-order valence-electron chi connectivity index (χ0n) is 23.5. The predicted octanol–water partition coefficient (Wildman–Crippen LogP) is 5.27. The standard InChI is InChI=1S/C34H26N2O6S2/c1-2-41-33(40)28-29(22-9-4-3-5-10-22)35-34-36(30(28)26-13-8-18-43-26)31(37)27(44-34)19-24-11-6-7-12-25(24)42-20-21-14-16-23(17-15-21)32(38)39/h3-19,30H,2,20H2,1H3,(H,38,39)/b27-19-/t30-/m0/s1. The second-order valence-electron chi connectivity index (χ2n) is 9.78. The SMILES string of the molecule is CCOC(=O)C1=C(c2ccccc2)N=c2s/c(=C\c3ccccc3OCc3ccc(C(=O)O)cc3)c(=O)n2[C@H]1c1cccs1. The van der Waals surface area contributed by atoms with Gasteiger partial charge in [-0.2, -0.15) is 0 Å². The normalized spacial score (nSPS) is 14.6. The number of thiazole rings is 1. The molecule has 44 heavy (non-hydrogen) atoms. The Morgan fingerprint density at radius 2 is 1.73 bits per heavy atom. The lowest BCUT2D eigenvalue weighted by Gasteiger charge is -2.24. The monoisotopic (exact) mass is 622 g/mol. The molecule has 6 rings (SSSR count). The number of nitrogens with zero attached hydrogens (tertiary/aromatic N) is 2. The van der Waals surface area contributed by atoms with E-state index in [1.54, 1.807) is 29.7 Å². The summed E-state index contributed by atoms with van der Waals surface area (Å²) in [4.78, 5) is 44.9. The Hall–Kier alpha value is -5.06. The van der Waals surface area contributed by atoms with Gasteiger partial charge >= 0.3 is 11.9 Å². The van der Waals surface area contributed by atoms with E-state index in [-0.39, 0.29) is 24.3 Å². The summed E-state index contributed by atoms with van der Waals surface area (Å²) in [6, 6.07) is 26.4. The Labute approximate surface area is 260 Å². The van der Waals surface area contributed by atoms with Crippen molar-refractivity contribution in [1.82, 2.24) is 4.57 Å². The number of carboxylic acid groups (broad SMARTS) is 1. The van der Waals surface area contributed by atoms with Crippen molar-refractivity contribution in [3.63, 3.8) is 0 Å². The van der Waals surface area contributed by atoms with E-state index in [2.05, 4.69) is 0 Å². The van der Waals surface area contributed by atoms with E-state index in [0.29, 0.717) is 31.9 Å². The number of hydrogen-bond donors (Lipinski definition) is 1. The highest BCUT2D eigenvalue weighted by molar-refractivity contribution is 7.10. The van der Waals surface area contributed by atoms with Crippen LogP contribution < -0.4 is 19.6 Å². The van der Waals surface area contributed by atoms with E-state index >= 15 is 0 Å². The van der Waals surface area contributed by atoms with Crippen molar-refractivity contribution < 1.29 is 24.2 Å². The fourth-order valence-corrected chi connectivity index (χ4v) is 6.75. The minimum absolute atomic E-state index is 0.187. The van der Waals surface area contributed by atoms with Crippen LogP contribution in [0.25, 0.3) is 11.8 Å². The molecule has 0 saturated heterocycles. The second-order valence-corrected chi connectivity index (χ2v) is 11.8. The summed E-state index contributed by atoms with van der Waals surface area (Å²) in [5.41, 5.74) is 2.97. The van der Waals surface area contributed by atoms with Crippen LogP contribution in [0, 0.1) is 0 Å². The number of ether oxygens (including phenoxy) is 2. The van der Waals surface area contributed by atoms with Gasteiger partial charge in [-0.3, -0.25) is 9.36 Å². The lowest BCUT2D eigenvalue weighted by atomic mass is 9.97. The fraction of sp³-hybridized carbons (Fsp3) is 0.118. The summed E-state index contributed by atoms with van der Waals surface area (Å²) in [6.07, 6.45) is 1.77. The van der Waals surface area contributed by atoms with Gasteiger partial charge in [0.05, 0.1) is 28.0 Å². The summed E-state index contributed by atoms with van der Waals surface area (Å²) in [7, 11) is 0. The van der Waals surface area contributed by atoms with Gasteiger partial charge < -0.3 is 14.6 Å². The molecule has 1 atom stereocenters. The molecule has 220 valence electrons. The number of para-hydroxylation sites is 1. The average molecular weight is 623 g/mol. The summed E-state index contributed by atoms with van der Waals surface area (Å²) in [5.74, 6) is -0.943. The van der Waals surface area contributed by atoms with Gasteiger partial charge in [-0.1, -0.05) is 78.1 Å². The minimum atomic E-state index is -0.990. The van der Waals surface area contributed by atoms with Crippen LogP contribution in [0.5, 0.6) is 5.75 Å². The van der Waals surface area contributed by atoms with Crippen LogP contribution in [0.2, 0.25) is 0 Å². The van der Waals surface area contributed by atoms with Gasteiger partial charge in [-0.15, -0.1) is 11.3 Å². The Morgan fingerprint density at radius 1 is 0.977 bits per heavy atom. The van der Waals surface area contributed by atoms with Crippen molar-refractivity contribution in [2.75, 3.05) is 6.61 Å². The van der Waals surface area contributed by atoms with E-state index in [0.717, 1.165) is 16.0 Å². The topological polar surface area (TPSA) is 107 Å². The van der Waals surface area contributed by atoms with E-state index < -0.39 is 18.0 Å². The fourth-order valence-electron chi connectivity index (χ4n) is 4.93. The Morgan fingerprint density at radius 3 is 2.43 bits per heavy atom. The number of carbonyl (C=O) groups excluding carboxylic acids is 1. The van der Waals surface area contributed by atoms with Crippen molar-refractivity contribution in [3.8, 4) is 5.75 Å². The Balaban J connectivity index is 1.45. The van der Waals surface area contributed by atoms with Crippen LogP contribution >= 0.6 is 22.7 Å². The number of hydrogen-bond acceptors (Lipinski definition) is 8. The number of fused-ring (bicyclic) bond motifs is 1. The number of esters is 1. The molecule has 1 aliphatic heterocycles. The van der Waals surface area contributed by atoms with Crippen molar-refractivity contribution in [1.29, 1.82) is 0 Å². The minimum Gasteiger partial charge on any atom is -0.488 e.